The molecule has 0 N–H and O–H groups in total. The predicted octanol–water partition coefficient (Wildman–Crippen LogP) is -5.39. The maximum Gasteiger partial charge on any atom is 3.00 e. The number of carboxylic acids is 3. The molecular weight excluding hydrogens is 778 g/mol. The number of hydrogen-bond donors (Lipinski definition) is 0. The van der Waals surface area contributed by atoms with Crippen LogP contribution in [0.5, 0.6) is 0 Å². The molecule has 0 radical (unpaired) electrons. The molecule has 0 aliphatic rings. The van der Waals surface area contributed by atoms with E-state index in [4.69, 9.17) is 0 Å². The van der Waals surface area contributed by atoms with Gasteiger partial charge in [-0.15, -0.1) is 36.7 Å². The number of hydrogen-bond acceptors (Lipinski definition) is 12. The zero-order chi connectivity index (χ0) is 19.7. The van der Waals surface area contributed by atoms with Crippen LogP contribution in [0, 0.1) is 0 Å². The second-order valence-electron chi connectivity index (χ2n) is 3.73. The molecule has 0 aliphatic carbocycles. The molecule has 0 rings (SSSR count). The van der Waals surface area contributed by atoms with Gasteiger partial charge in [-0.2, -0.15) is 0 Å². The first-order valence-electron chi connectivity index (χ1n) is 6.07. The summed E-state index contributed by atoms with van der Waals surface area (Å²) in [5, 5.41) is 56.8. The van der Waals surface area contributed by atoms with Crippen LogP contribution in [0.2, 0.25) is 0 Å². The average molecular weight is 790 g/mol. The zero-order valence-corrected chi connectivity index (χ0v) is 19.5. The standard InChI is InChI=1S/3C4H6O3S.2Au/c3*5-3(6)1-2-4(7)8;;/h3*1-2H2,(H,5,6)(H,7,8);;/q;;;2*+3/p-6. The Morgan fingerprint density at radius 2 is 0.615 bits per heavy atom. The SMILES string of the molecule is O=C([O-])CCC([O-])=S.O=C([O-])CCC([O-])=S.O=C([O-])CCC([O-])=S.[Au+3].[Au+3]. The van der Waals surface area contributed by atoms with Crippen LogP contribution in [0.25, 0.3) is 0 Å². The first-order valence-corrected chi connectivity index (χ1v) is 7.30. The summed E-state index contributed by atoms with van der Waals surface area (Å²) >= 11 is 12.2. The largest absolute Gasteiger partial charge is 3.00 e. The van der Waals surface area contributed by atoms with Crippen molar-refractivity contribution in [3.05, 3.63) is 0 Å². The molecule has 0 aromatic carbocycles. The molecule has 0 bridgehead atoms. The molecule has 14 heteroatoms. The van der Waals surface area contributed by atoms with Crippen LogP contribution in [0.15, 0.2) is 0 Å². The summed E-state index contributed by atoms with van der Waals surface area (Å²) in [6, 6.07) is 0. The van der Waals surface area contributed by atoms with Crippen LogP contribution >= 0.6 is 36.7 Å². The maximum absolute atomic E-state index is 9.87. The van der Waals surface area contributed by atoms with E-state index < -0.39 is 33.1 Å². The van der Waals surface area contributed by atoms with E-state index in [0.717, 1.165) is 0 Å². The van der Waals surface area contributed by atoms with Gasteiger partial charge in [0.05, 0.1) is 0 Å². The van der Waals surface area contributed by atoms with Crippen molar-refractivity contribution in [2.45, 2.75) is 38.5 Å². The summed E-state index contributed by atoms with van der Waals surface area (Å²) in [7, 11) is 0. The van der Waals surface area contributed by atoms with E-state index in [9.17, 15) is 45.0 Å². The van der Waals surface area contributed by atoms with Gasteiger partial charge in [-0.3, -0.25) is 0 Å². The second kappa shape index (κ2) is 24.6. The quantitative estimate of drug-likeness (QED) is 0.160. The van der Waals surface area contributed by atoms with Crippen LogP contribution in [0.4, 0.5) is 0 Å². The number of carboxylic acid groups (broad SMARTS) is 3. The molecule has 0 unspecified atom stereocenters. The van der Waals surface area contributed by atoms with Gasteiger partial charge in [-0.25, -0.2) is 0 Å². The van der Waals surface area contributed by atoms with E-state index in [1.54, 1.807) is 0 Å². The Bertz CT molecular complexity index is 364. The number of thiocarbonyl (C=S) groups is 3. The molecular formula is C12H12Au2O9S3. The summed E-state index contributed by atoms with van der Waals surface area (Å²) in [4.78, 5) is 28.8. The molecule has 0 aromatic rings. The minimum absolute atomic E-state index is 0. The molecule has 26 heavy (non-hydrogen) atoms. The fraction of sp³-hybridized carbons (Fsp3) is 0.500. The van der Waals surface area contributed by atoms with Crippen molar-refractivity contribution in [3.63, 3.8) is 0 Å². The van der Waals surface area contributed by atoms with E-state index in [1.165, 1.54) is 0 Å². The molecule has 0 heterocycles. The Kier molecular flexibility index (Phi) is 34.5. The normalized spacial score (nSPS) is 7.85. The average Bonchev–Trinajstić information content (AvgIpc) is 2.42. The van der Waals surface area contributed by atoms with Crippen molar-refractivity contribution < 1.29 is 89.8 Å². The Morgan fingerprint density at radius 3 is 0.654 bits per heavy atom. The van der Waals surface area contributed by atoms with Crippen LogP contribution < -0.4 is 30.6 Å². The number of carbonyl (C=O) groups is 3. The van der Waals surface area contributed by atoms with Crippen molar-refractivity contribution in [2.24, 2.45) is 0 Å². The fourth-order valence-electron chi connectivity index (χ4n) is 0.612. The minimum atomic E-state index is -1.23. The fourth-order valence-corrected chi connectivity index (χ4v) is 0.919. The molecule has 0 atom stereocenters. The molecule has 9 nitrogen and oxygen atoms in total. The van der Waals surface area contributed by atoms with Gasteiger partial charge >= 0.3 is 44.8 Å². The molecule has 0 fully saturated rings. The monoisotopic (exact) mass is 790 g/mol. The van der Waals surface area contributed by atoms with E-state index in [2.05, 4.69) is 36.7 Å². The maximum atomic E-state index is 9.87. The molecule has 0 aromatic heterocycles. The molecule has 0 saturated heterocycles. The Labute approximate surface area is 196 Å². The van der Waals surface area contributed by atoms with Crippen molar-refractivity contribution in [1.29, 1.82) is 0 Å². The second-order valence-corrected chi connectivity index (χ2v) is 5.10. The third-order valence-electron chi connectivity index (χ3n) is 1.60. The van der Waals surface area contributed by atoms with Gasteiger partial charge in [-0.1, -0.05) is 15.2 Å². The van der Waals surface area contributed by atoms with Crippen molar-refractivity contribution in [3.8, 4) is 0 Å². The third-order valence-corrected chi connectivity index (χ3v) is 2.21. The zero-order valence-electron chi connectivity index (χ0n) is 12.7. The van der Waals surface area contributed by atoms with Crippen molar-refractivity contribution in [1.82, 2.24) is 0 Å². The van der Waals surface area contributed by atoms with Crippen LogP contribution in [-0.4, -0.2) is 33.1 Å². The van der Waals surface area contributed by atoms with Gasteiger partial charge in [0.25, 0.3) is 0 Å². The van der Waals surface area contributed by atoms with Crippen LogP contribution in [-0.2, 0) is 59.1 Å². The first-order chi connectivity index (χ1) is 10.9. The van der Waals surface area contributed by atoms with Gasteiger partial charge < -0.3 is 45.0 Å². The van der Waals surface area contributed by atoms with E-state index in [1.807, 2.05) is 0 Å². The summed E-state index contributed by atoms with van der Waals surface area (Å²) in [5.41, 5.74) is 0. The molecule has 0 amide bonds. The van der Waals surface area contributed by atoms with Gasteiger partial charge in [0, 0.05) is 17.9 Å². The number of carbonyl (C=O) groups excluding carboxylic acids is 3. The van der Waals surface area contributed by atoms with E-state index in [0.29, 0.717) is 0 Å². The number of rotatable bonds is 9. The van der Waals surface area contributed by atoms with Gasteiger partial charge in [0.2, 0.25) is 0 Å². The Morgan fingerprint density at radius 1 is 0.462 bits per heavy atom. The molecule has 0 aliphatic heterocycles. The van der Waals surface area contributed by atoms with E-state index >= 15 is 0 Å². The summed E-state index contributed by atoms with van der Waals surface area (Å²) in [6.45, 7) is 0. The smallest absolute Gasteiger partial charge is 0.867 e. The number of aliphatic carboxylic acids is 3. The summed E-state index contributed by atoms with van der Waals surface area (Å²) < 4.78 is 0. The first kappa shape index (κ1) is 36.5. The van der Waals surface area contributed by atoms with Crippen molar-refractivity contribution >= 4 is 69.7 Å². The topological polar surface area (TPSA) is 190 Å². The van der Waals surface area contributed by atoms with Gasteiger partial charge in [0.15, 0.2) is 0 Å². The van der Waals surface area contributed by atoms with Crippen LogP contribution in [0.1, 0.15) is 38.5 Å². The van der Waals surface area contributed by atoms with Crippen LogP contribution in [0.3, 0.4) is 0 Å². The third kappa shape index (κ3) is 56.6. The summed E-state index contributed by atoms with van der Waals surface area (Å²) in [5.74, 6) is -3.70. The van der Waals surface area contributed by atoms with Gasteiger partial charge in [-0.05, 0) is 38.5 Å². The Balaban J connectivity index is -0.0000000817. The van der Waals surface area contributed by atoms with Gasteiger partial charge in [0.1, 0.15) is 0 Å². The molecule has 0 saturated carbocycles. The minimum Gasteiger partial charge on any atom is -0.867 e. The molecule has 154 valence electrons. The predicted molar refractivity (Wildman–Crippen MR) is 80.5 cm³/mol. The Hall–Kier alpha value is -0.439. The summed E-state index contributed by atoms with van der Waals surface area (Å²) in [6.07, 6.45) is -1.08. The van der Waals surface area contributed by atoms with Crippen molar-refractivity contribution in [2.75, 3.05) is 0 Å². The van der Waals surface area contributed by atoms with E-state index in [-0.39, 0.29) is 83.3 Å². The molecule has 0 spiro atoms.